The van der Waals surface area contributed by atoms with E-state index in [0.717, 1.165) is 12.2 Å². The van der Waals surface area contributed by atoms with Crippen molar-refractivity contribution in [3.05, 3.63) is 29.8 Å². The number of benzene rings is 1. The molecule has 19 heavy (non-hydrogen) atoms. The van der Waals surface area contributed by atoms with E-state index in [1.807, 2.05) is 19.1 Å². The van der Waals surface area contributed by atoms with Crippen molar-refractivity contribution in [2.45, 2.75) is 45.7 Å². The van der Waals surface area contributed by atoms with Gasteiger partial charge in [0.15, 0.2) is 0 Å². The average molecular weight is 264 g/mol. The van der Waals surface area contributed by atoms with Crippen LogP contribution in [0.2, 0.25) is 0 Å². The van der Waals surface area contributed by atoms with E-state index in [0.29, 0.717) is 6.42 Å². The van der Waals surface area contributed by atoms with Gasteiger partial charge in [0.25, 0.3) is 0 Å². The Hall–Kier alpha value is -1.55. The van der Waals surface area contributed by atoms with Crippen LogP contribution in [0.1, 0.15) is 32.8 Å². The third kappa shape index (κ3) is 3.70. The summed E-state index contributed by atoms with van der Waals surface area (Å²) in [6, 6.07) is 8.18. The van der Waals surface area contributed by atoms with Gasteiger partial charge in [-0.3, -0.25) is 4.79 Å². The number of nitrogens with zero attached hydrogens (tertiary/aromatic N) is 1. The molecule has 0 heterocycles. The summed E-state index contributed by atoms with van der Waals surface area (Å²) in [6.07, 6.45) is 0.407. The van der Waals surface area contributed by atoms with Gasteiger partial charge in [0.05, 0.1) is 0 Å². The lowest BCUT2D eigenvalue weighted by atomic mass is 9.93. The van der Waals surface area contributed by atoms with Crippen molar-refractivity contribution in [3.8, 4) is 0 Å². The smallest absolute Gasteiger partial charge is 0.323 e. The molecule has 0 bridgehead atoms. The van der Waals surface area contributed by atoms with Crippen LogP contribution in [-0.2, 0) is 4.79 Å². The first-order valence-electron chi connectivity index (χ1n) is 6.64. The van der Waals surface area contributed by atoms with Gasteiger partial charge in [-0.05, 0) is 45.7 Å². The van der Waals surface area contributed by atoms with Crippen LogP contribution in [0.15, 0.2) is 24.3 Å². The van der Waals surface area contributed by atoms with Crippen LogP contribution in [0, 0.1) is 6.92 Å². The summed E-state index contributed by atoms with van der Waals surface area (Å²) in [5.74, 6) is -0.958. The van der Waals surface area contributed by atoms with Crippen LogP contribution >= 0.6 is 0 Å². The standard InChI is InChI=1S/C15H24N2O2/c1-5-17(13-9-7-6-8-11(13)2)12(3)10-15(4,16)14(18)19/h6-9,12H,5,10,16H2,1-4H3,(H,18,19). The molecule has 4 heteroatoms. The van der Waals surface area contributed by atoms with Gasteiger partial charge in [-0.2, -0.15) is 0 Å². The Morgan fingerprint density at radius 2 is 2.05 bits per heavy atom. The Balaban J connectivity index is 2.93. The summed E-state index contributed by atoms with van der Waals surface area (Å²) in [5.41, 5.74) is 6.97. The van der Waals surface area contributed by atoms with Crippen molar-refractivity contribution in [1.29, 1.82) is 0 Å². The SMILES string of the molecule is CCN(c1ccccc1C)C(C)CC(C)(N)C(=O)O. The Morgan fingerprint density at radius 3 is 2.53 bits per heavy atom. The summed E-state index contributed by atoms with van der Waals surface area (Å²) >= 11 is 0. The molecule has 0 amide bonds. The number of carboxylic acids is 1. The molecule has 0 saturated carbocycles. The van der Waals surface area contributed by atoms with Gasteiger partial charge in [0.1, 0.15) is 5.54 Å². The quantitative estimate of drug-likeness (QED) is 0.828. The zero-order chi connectivity index (χ0) is 14.6. The molecule has 0 aliphatic rings. The first-order chi connectivity index (χ1) is 8.79. The molecule has 106 valence electrons. The van der Waals surface area contributed by atoms with Crippen LogP contribution in [0.3, 0.4) is 0 Å². The molecule has 0 fully saturated rings. The van der Waals surface area contributed by atoms with Crippen molar-refractivity contribution >= 4 is 11.7 Å². The van der Waals surface area contributed by atoms with Gasteiger partial charge in [-0.25, -0.2) is 0 Å². The number of hydrogen-bond donors (Lipinski definition) is 2. The Labute approximate surface area is 115 Å². The van der Waals surface area contributed by atoms with Gasteiger partial charge in [0, 0.05) is 18.3 Å². The molecular weight excluding hydrogens is 240 g/mol. The lowest BCUT2D eigenvalue weighted by Gasteiger charge is -2.35. The topological polar surface area (TPSA) is 66.6 Å². The van der Waals surface area contributed by atoms with E-state index in [4.69, 9.17) is 10.8 Å². The highest BCUT2D eigenvalue weighted by Gasteiger charge is 2.31. The van der Waals surface area contributed by atoms with E-state index < -0.39 is 11.5 Å². The second kappa shape index (κ2) is 6.06. The summed E-state index contributed by atoms with van der Waals surface area (Å²) < 4.78 is 0. The molecule has 0 radical (unpaired) electrons. The fraction of sp³-hybridized carbons (Fsp3) is 0.533. The number of aryl methyl sites for hydroxylation is 1. The monoisotopic (exact) mass is 264 g/mol. The second-order valence-electron chi connectivity index (χ2n) is 5.35. The summed E-state index contributed by atoms with van der Waals surface area (Å²) in [7, 11) is 0. The summed E-state index contributed by atoms with van der Waals surface area (Å²) in [6.45, 7) is 8.53. The maximum absolute atomic E-state index is 11.1. The number of para-hydroxylation sites is 1. The van der Waals surface area contributed by atoms with E-state index in [1.165, 1.54) is 5.56 Å². The molecule has 2 atom stereocenters. The molecular formula is C15H24N2O2. The Morgan fingerprint density at radius 1 is 1.47 bits per heavy atom. The number of rotatable bonds is 6. The molecule has 1 aromatic rings. The number of hydrogen-bond acceptors (Lipinski definition) is 3. The zero-order valence-corrected chi connectivity index (χ0v) is 12.2. The maximum Gasteiger partial charge on any atom is 0.323 e. The van der Waals surface area contributed by atoms with Gasteiger partial charge in [0.2, 0.25) is 0 Å². The van der Waals surface area contributed by atoms with Crippen molar-refractivity contribution in [3.63, 3.8) is 0 Å². The van der Waals surface area contributed by atoms with Crippen molar-refractivity contribution in [1.82, 2.24) is 0 Å². The molecule has 4 nitrogen and oxygen atoms in total. The molecule has 0 saturated heterocycles. The Kier molecular flexibility index (Phi) is 4.95. The molecule has 2 unspecified atom stereocenters. The normalized spacial score (nSPS) is 15.6. The first kappa shape index (κ1) is 15.5. The summed E-state index contributed by atoms with van der Waals surface area (Å²) in [4.78, 5) is 13.3. The minimum atomic E-state index is -1.20. The summed E-state index contributed by atoms with van der Waals surface area (Å²) in [5, 5.41) is 9.13. The number of carbonyl (C=O) groups is 1. The molecule has 1 aromatic carbocycles. The highest BCUT2D eigenvalue weighted by molar-refractivity contribution is 5.78. The third-order valence-corrected chi connectivity index (χ3v) is 3.51. The van der Waals surface area contributed by atoms with Crippen LogP contribution < -0.4 is 10.6 Å². The Bertz CT molecular complexity index is 444. The highest BCUT2D eigenvalue weighted by Crippen LogP contribution is 2.24. The van der Waals surface area contributed by atoms with Crippen LogP contribution in [0.25, 0.3) is 0 Å². The van der Waals surface area contributed by atoms with Crippen molar-refractivity contribution in [2.75, 3.05) is 11.4 Å². The van der Waals surface area contributed by atoms with E-state index in [-0.39, 0.29) is 6.04 Å². The predicted molar refractivity (Wildman–Crippen MR) is 78.5 cm³/mol. The fourth-order valence-corrected chi connectivity index (χ4v) is 2.42. The van der Waals surface area contributed by atoms with Gasteiger partial charge in [-0.15, -0.1) is 0 Å². The lowest BCUT2D eigenvalue weighted by Crippen LogP contribution is -2.50. The number of nitrogens with two attached hydrogens (primary N) is 1. The molecule has 0 spiro atoms. The number of anilines is 1. The minimum absolute atomic E-state index is 0.0669. The van der Waals surface area contributed by atoms with Gasteiger partial charge < -0.3 is 15.7 Å². The fourth-order valence-electron chi connectivity index (χ4n) is 2.42. The third-order valence-electron chi connectivity index (χ3n) is 3.51. The number of carboxylic acid groups (broad SMARTS) is 1. The molecule has 0 aliphatic heterocycles. The molecule has 0 aliphatic carbocycles. The van der Waals surface area contributed by atoms with Crippen LogP contribution in [0.4, 0.5) is 5.69 Å². The largest absolute Gasteiger partial charge is 0.480 e. The van der Waals surface area contributed by atoms with Gasteiger partial charge in [-0.1, -0.05) is 18.2 Å². The average Bonchev–Trinajstić information content (AvgIpc) is 2.31. The van der Waals surface area contributed by atoms with E-state index in [2.05, 4.69) is 30.9 Å². The molecule has 0 aromatic heterocycles. The van der Waals surface area contributed by atoms with Gasteiger partial charge >= 0.3 is 5.97 Å². The molecule has 1 rings (SSSR count). The first-order valence-corrected chi connectivity index (χ1v) is 6.64. The van der Waals surface area contributed by atoms with E-state index >= 15 is 0 Å². The second-order valence-corrected chi connectivity index (χ2v) is 5.35. The van der Waals surface area contributed by atoms with Crippen LogP contribution in [-0.4, -0.2) is 29.2 Å². The van der Waals surface area contributed by atoms with Crippen LogP contribution in [0.5, 0.6) is 0 Å². The van der Waals surface area contributed by atoms with E-state index in [1.54, 1.807) is 6.92 Å². The van der Waals surface area contributed by atoms with E-state index in [9.17, 15) is 4.79 Å². The number of aliphatic carboxylic acids is 1. The lowest BCUT2D eigenvalue weighted by molar-refractivity contribution is -0.143. The highest BCUT2D eigenvalue weighted by atomic mass is 16.4. The van der Waals surface area contributed by atoms with Crippen molar-refractivity contribution in [2.24, 2.45) is 5.73 Å². The predicted octanol–water partition coefficient (Wildman–Crippen LogP) is 2.40. The minimum Gasteiger partial charge on any atom is -0.480 e. The molecule has 3 N–H and O–H groups in total. The zero-order valence-electron chi connectivity index (χ0n) is 12.2. The maximum atomic E-state index is 11.1. The van der Waals surface area contributed by atoms with Crippen molar-refractivity contribution < 1.29 is 9.90 Å².